The molecule has 0 atom stereocenters. The summed E-state index contributed by atoms with van der Waals surface area (Å²) < 4.78 is 26.9. The van der Waals surface area contributed by atoms with Gasteiger partial charge in [0.1, 0.15) is 0 Å². The Morgan fingerprint density at radius 2 is 2.12 bits per heavy atom. The molecule has 98 valence electrons. The molecule has 0 bridgehead atoms. The highest BCUT2D eigenvalue weighted by Crippen LogP contribution is 2.17. The first-order chi connectivity index (χ1) is 7.80. The highest BCUT2D eigenvalue weighted by Gasteiger charge is 2.25. The van der Waals surface area contributed by atoms with Gasteiger partial charge in [-0.15, -0.1) is 0 Å². The Kier molecular flexibility index (Phi) is 4.35. The molecule has 4 N–H and O–H groups in total. The Balaban J connectivity index is 2.88. The standard InChI is InChI=1S/C11H21N3O2S/c1-4-5-11(2,3)14-17(15,16)10-6-9(7-12)13-8-10/h6,8,13-14H,4-5,7,12H2,1-3H3. The van der Waals surface area contributed by atoms with Crippen molar-refractivity contribution in [3.63, 3.8) is 0 Å². The molecular formula is C11H21N3O2S. The zero-order valence-corrected chi connectivity index (χ0v) is 11.4. The highest BCUT2D eigenvalue weighted by atomic mass is 32.2. The zero-order valence-electron chi connectivity index (χ0n) is 10.6. The molecule has 0 unspecified atom stereocenters. The largest absolute Gasteiger partial charge is 0.363 e. The van der Waals surface area contributed by atoms with Gasteiger partial charge in [0.15, 0.2) is 0 Å². The molecule has 0 aliphatic rings. The zero-order chi connectivity index (χ0) is 13.1. The third kappa shape index (κ3) is 3.83. The summed E-state index contributed by atoms with van der Waals surface area (Å²) in [6, 6.07) is 1.56. The molecule has 0 saturated carbocycles. The van der Waals surface area contributed by atoms with E-state index < -0.39 is 15.6 Å². The fourth-order valence-electron chi connectivity index (χ4n) is 1.79. The van der Waals surface area contributed by atoms with Gasteiger partial charge in [-0.3, -0.25) is 0 Å². The van der Waals surface area contributed by atoms with Crippen LogP contribution in [0.15, 0.2) is 17.2 Å². The fourth-order valence-corrected chi connectivity index (χ4v) is 3.25. The van der Waals surface area contributed by atoms with Gasteiger partial charge in [-0.05, 0) is 26.3 Å². The van der Waals surface area contributed by atoms with Crippen LogP contribution in [0.5, 0.6) is 0 Å². The predicted octanol–water partition coefficient (Wildman–Crippen LogP) is 1.33. The Bertz CT molecular complexity index is 463. The van der Waals surface area contributed by atoms with Crippen molar-refractivity contribution in [3.05, 3.63) is 18.0 Å². The van der Waals surface area contributed by atoms with Crippen molar-refractivity contribution in [1.82, 2.24) is 9.71 Å². The molecule has 5 nitrogen and oxygen atoms in total. The van der Waals surface area contributed by atoms with Crippen LogP contribution in [0.4, 0.5) is 0 Å². The first-order valence-corrected chi connectivity index (χ1v) is 7.20. The number of hydrogen-bond acceptors (Lipinski definition) is 3. The van der Waals surface area contributed by atoms with Crippen molar-refractivity contribution < 1.29 is 8.42 Å². The minimum absolute atomic E-state index is 0.238. The number of rotatable bonds is 6. The number of sulfonamides is 1. The van der Waals surface area contributed by atoms with Gasteiger partial charge >= 0.3 is 0 Å². The molecule has 1 aromatic rings. The third-order valence-electron chi connectivity index (χ3n) is 2.53. The van der Waals surface area contributed by atoms with E-state index in [1.807, 2.05) is 20.8 Å². The van der Waals surface area contributed by atoms with Gasteiger partial charge in [-0.1, -0.05) is 13.3 Å². The third-order valence-corrected chi connectivity index (χ3v) is 4.21. The Hall–Kier alpha value is -0.850. The van der Waals surface area contributed by atoms with E-state index in [0.29, 0.717) is 12.2 Å². The van der Waals surface area contributed by atoms with E-state index in [2.05, 4.69) is 9.71 Å². The van der Waals surface area contributed by atoms with E-state index in [4.69, 9.17) is 5.73 Å². The fraction of sp³-hybridized carbons (Fsp3) is 0.636. The van der Waals surface area contributed by atoms with E-state index in [-0.39, 0.29) is 4.90 Å². The monoisotopic (exact) mass is 259 g/mol. The summed E-state index contributed by atoms with van der Waals surface area (Å²) in [6.45, 7) is 6.09. The summed E-state index contributed by atoms with van der Waals surface area (Å²) in [5.74, 6) is 0. The minimum Gasteiger partial charge on any atom is -0.363 e. The molecule has 1 aromatic heterocycles. The molecule has 1 rings (SSSR count). The maximum Gasteiger partial charge on any atom is 0.242 e. The number of aromatic amines is 1. The van der Waals surface area contributed by atoms with E-state index >= 15 is 0 Å². The summed E-state index contributed by atoms with van der Waals surface area (Å²) in [5.41, 5.74) is 5.71. The first kappa shape index (κ1) is 14.2. The van der Waals surface area contributed by atoms with Crippen LogP contribution in [-0.4, -0.2) is 18.9 Å². The van der Waals surface area contributed by atoms with Crippen LogP contribution >= 0.6 is 0 Å². The van der Waals surface area contributed by atoms with Crippen molar-refractivity contribution in [2.24, 2.45) is 5.73 Å². The molecule has 0 amide bonds. The molecule has 0 radical (unpaired) electrons. The summed E-state index contributed by atoms with van der Waals surface area (Å²) in [5, 5.41) is 0. The van der Waals surface area contributed by atoms with Gasteiger partial charge in [0.05, 0.1) is 4.90 Å². The van der Waals surface area contributed by atoms with Crippen molar-refractivity contribution in [2.45, 2.75) is 50.6 Å². The second-order valence-corrected chi connectivity index (χ2v) is 6.49. The molecule has 0 aromatic carbocycles. The summed E-state index contributed by atoms with van der Waals surface area (Å²) in [7, 11) is -3.47. The van der Waals surface area contributed by atoms with Crippen molar-refractivity contribution in [3.8, 4) is 0 Å². The normalized spacial score (nSPS) is 12.9. The van der Waals surface area contributed by atoms with E-state index in [0.717, 1.165) is 12.8 Å². The Morgan fingerprint density at radius 3 is 2.59 bits per heavy atom. The smallest absolute Gasteiger partial charge is 0.242 e. The number of aromatic nitrogens is 1. The maximum absolute atomic E-state index is 12.1. The quantitative estimate of drug-likeness (QED) is 0.720. The molecular weight excluding hydrogens is 238 g/mol. The molecule has 0 spiro atoms. The maximum atomic E-state index is 12.1. The lowest BCUT2D eigenvalue weighted by atomic mass is 10.0. The van der Waals surface area contributed by atoms with Gasteiger partial charge in [0, 0.05) is 24.0 Å². The summed E-state index contributed by atoms with van der Waals surface area (Å²) in [4.78, 5) is 3.07. The van der Waals surface area contributed by atoms with Crippen molar-refractivity contribution in [1.29, 1.82) is 0 Å². The molecule has 0 aliphatic carbocycles. The van der Waals surface area contributed by atoms with Gasteiger partial charge in [-0.2, -0.15) is 0 Å². The molecule has 0 fully saturated rings. The number of nitrogens with one attached hydrogen (secondary N) is 2. The SMILES string of the molecule is CCCC(C)(C)NS(=O)(=O)c1c[nH]c(CN)c1. The lowest BCUT2D eigenvalue weighted by molar-refractivity contribution is 0.418. The van der Waals surface area contributed by atoms with Gasteiger partial charge in [-0.25, -0.2) is 13.1 Å². The van der Waals surface area contributed by atoms with Crippen LogP contribution in [0.25, 0.3) is 0 Å². The average molecular weight is 259 g/mol. The van der Waals surface area contributed by atoms with Gasteiger partial charge in [0.2, 0.25) is 10.0 Å². The van der Waals surface area contributed by atoms with Crippen LogP contribution < -0.4 is 10.5 Å². The van der Waals surface area contributed by atoms with Gasteiger partial charge < -0.3 is 10.7 Å². The lowest BCUT2D eigenvalue weighted by Crippen LogP contribution is -2.42. The van der Waals surface area contributed by atoms with Crippen LogP contribution in [0, 0.1) is 0 Å². The first-order valence-electron chi connectivity index (χ1n) is 5.72. The van der Waals surface area contributed by atoms with Crippen molar-refractivity contribution in [2.75, 3.05) is 0 Å². The van der Waals surface area contributed by atoms with E-state index in [9.17, 15) is 8.42 Å². The second-order valence-electron chi connectivity index (χ2n) is 4.80. The highest BCUT2D eigenvalue weighted by molar-refractivity contribution is 7.89. The molecule has 1 heterocycles. The molecule has 6 heteroatoms. The van der Waals surface area contributed by atoms with Gasteiger partial charge in [0.25, 0.3) is 0 Å². The minimum atomic E-state index is -3.47. The predicted molar refractivity (Wildman–Crippen MR) is 68.0 cm³/mol. The lowest BCUT2D eigenvalue weighted by Gasteiger charge is -2.24. The van der Waals surface area contributed by atoms with Crippen LogP contribution in [0.3, 0.4) is 0 Å². The van der Waals surface area contributed by atoms with Crippen LogP contribution in [-0.2, 0) is 16.6 Å². The number of H-pyrrole nitrogens is 1. The molecule has 0 aliphatic heterocycles. The number of hydrogen-bond donors (Lipinski definition) is 3. The summed E-state index contributed by atoms with van der Waals surface area (Å²) >= 11 is 0. The molecule has 0 saturated heterocycles. The Morgan fingerprint density at radius 1 is 1.47 bits per heavy atom. The van der Waals surface area contributed by atoms with Crippen LogP contribution in [0.2, 0.25) is 0 Å². The second kappa shape index (κ2) is 5.20. The topological polar surface area (TPSA) is 88.0 Å². The van der Waals surface area contributed by atoms with E-state index in [1.165, 1.54) is 6.20 Å². The van der Waals surface area contributed by atoms with Crippen molar-refractivity contribution >= 4 is 10.0 Å². The van der Waals surface area contributed by atoms with Crippen LogP contribution in [0.1, 0.15) is 39.3 Å². The summed E-state index contributed by atoms with van der Waals surface area (Å²) in [6.07, 6.45) is 3.18. The Labute approximate surface area is 103 Å². The average Bonchev–Trinajstić information content (AvgIpc) is 2.64. The van der Waals surface area contributed by atoms with E-state index in [1.54, 1.807) is 6.07 Å². The number of nitrogens with two attached hydrogens (primary N) is 1. The molecule has 17 heavy (non-hydrogen) atoms.